The molecule has 1 aromatic heterocycles. The lowest BCUT2D eigenvalue weighted by Crippen LogP contribution is -2.42. The van der Waals surface area contributed by atoms with Gasteiger partial charge < -0.3 is 15.2 Å². The summed E-state index contributed by atoms with van der Waals surface area (Å²) < 4.78 is 27.7. The number of amides is 1. The smallest absolute Gasteiger partial charge is 0.270 e. The van der Waals surface area contributed by atoms with Crippen molar-refractivity contribution in [3.8, 4) is 0 Å². The molecule has 1 aromatic rings. The Kier molecular flexibility index (Phi) is 4.98. The van der Waals surface area contributed by atoms with Gasteiger partial charge in [-0.1, -0.05) is 6.92 Å². The van der Waals surface area contributed by atoms with Crippen molar-refractivity contribution < 1.29 is 13.2 Å². The Bertz CT molecular complexity index is 686. The van der Waals surface area contributed by atoms with Gasteiger partial charge in [0.05, 0.1) is 0 Å². The molecule has 24 heavy (non-hydrogen) atoms. The molecule has 3 rings (SSSR count). The lowest BCUT2D eigenvalue weighted by Gasteiger charge is -2.33. The first-order valence-corrected chi connectivity index (χ1v) is 10.1. The molecule has 0 bridgehead atoms. The summed E-state index contributed by atoms with van der Waals surface area (Å²) in [6.45, 7) is 5.83. The molecule has 8 heteroatoms. The molecule has 2 aliphatic heterocycles. The van der Waals surface area contributed by atoms with E-state index < -0.39 is 10.0 Å². The monoisotopic (exact) mass is 354 g/mol. The van der Waals surface area contributed by atoms with Crippen LogP contribution in [0.25, 0.3) is 0 Å². The molecule has 3 heterocycles. The number of piperidine rings is 1. The number of hydrogen-bond acceptors (Lipinski definition) is 4. The zero-order valence-corrected chi connectivity index (χ0v) is 14.9. The van der Waals surface area contributed by atoms with Crippen LogP contribution in [0.5, 0.6) is 0 Å². The maximum atomic E-state index is 12.5. The van der Waals surface area contributed by atoms with Crippen molar-refractivity contribution in [2.75, 3.05) is 32.7 Å². The van der Waals surface area contributed by atoms with Crippen LogP contribution in [0.15, 0.2) is 17.2 Å². The van der Waals surface area contributed by atoms with Crippen molar-refractivity contribution in [2.45, 2.75) is 37.5 Å². The summed E-state index contributed by atoms with van der Waals surface area (Å²) in [7, 11) is -3.61. The summed E-state index contributed by atoms with van der Waals surface area (Å²) in [5.41, 5.74) is 0.313. The summed E-state index contributed by atoms with van der Waals surface area (Å²) in [5, 5.41) is 3.29. The summed E-state index contributed by atoms with van der Waals surface area (Å²) in [4.78, 5) is 17.0. The van der Waals surface area contributed by atoms with E-state index in [0.29, 0.717) is 12.2 Å². The molecule has 3 N–H and O–H groups in total. The van der Waals surface area contributed by atoms with Crippen molar-refractivity contribution >= 4 is 15.9 Å². The Morgan fingerprint density at radius 2 is 1.96 bits per heavy atom. The van der Waals surface area contributed by atoms with Gasteiger partial charge in [-0.2, -0.15) is 0 Å². The lowest BCUT2D eigenvalue weighted by molar-refractivity contribution is 0.0787. The Morgan fingerprint density at radius 3 is 2.62 bits per heavy atom. The second-order valence-electron chi connectivity index (χ2n) is 7.13. The highest BCUT2D eigenvalue weighted by molar-refractivity contribution is 7.89. The average molecular weight is 354 g/mol. The standard InChI is InChI=1S/C16H26N4O3S/c1-16(4-6-17-7-5-16)12-19-24(22,23)13-10-14(18-11-13)15(21)20-8-2-3-9-20/h10-11,17-19H,2-9,12H2,1H3. The SMILES string of the molecule is CC1(CNS(=O)(=O)c2c[nH]c(C(=O)N3CCCC3)c2)CCNCC1. The van der Waals surface area contributed by atoms with Crippen molar-refractivity contribution in [3.63, 3.8) is 0 Å². The summed E-state index contributed by atoms with van der Waals surface area (Å²) in [6, 6.07) is 1.44. The number of rotatable bonds is 5. The van der Waals surface area contributed by atoms with E-state index in [4.69, 9.17) is 0 Å². The minimum Gasteiger partial charge on any atom is -0.356 e. The first kappa shape index (κ1) is 17.4. The predicted octanol–water partition coefficient (Wildman–Crippen LogP) is 0.919. The van der Waals surface area contributed by atoms with Gasteiger partial charge in [-0.3, -0.25) is 4.79 Å². The van der Waals surface area contributed by atoms with Crippen molar-refractivity contribution in [2.24, 2.45) is 5.41 Å². The summed E-state index contributed by atoms with van der Waals surface area (Å²) in [6.07, 6.45) is 5.30. The van der Waals surface area contributed by atoms with Crippen LogP contribution in [0, 0.1) is 5.41 Å². The van der Waals surface area contributed by atoms with Crippen LogP contribution in [-0.2, 0) is 10.0 Å². The second-order valence-corrected chi connectivity index (χ2v) is 8.90. The van der Waals surface area contributed by atoms with Gasteiger partial charge in [0.15, 0.2) is 0 Å². The molecule has 2 fully saturated rings. The third kappa shape index (κ3) is 3.81. The highest BCUT2D eigenvalue weighted by atomic mass is 32.2. The molecule has 7 nitrogen and oxygen atoms in total. The Hall–Kier alpha value is -1.38. The normalized spacial score (nSPS) is 21.1. The Balaban J connectivity index is 1.65. The predicted molar refractivity (Wildman–Crippen MR) is 91.3 cm³/mol. The fourth-order valence-electron chi connectivity index (χ4n) is 3.30. The van der Waals surface area contributed by atoms with Gasteiger partial charge in [0, 0.05) is 25.8 Å². The van der Waals surface area contributed by atoms with Crippen molar-refractivity contribution in [1.82, 2.24) is 19.9 Å². The van der Waals surface area contributed by atoms with Gasteiger partial charge in [0.25, 0.3) is 5.91 Å². The first-order valence-electron chi connectivity index (χ1n) is 8.58. The van der Waals surface area contributed by atoms with Crippen LogP contribution in [-0.4, -0.2) is 56.9 Å². The molecule has 1 amide bonds. The number of H-pyrrole nitrogens is 1. The minimum absolute atomic E-state index is 0.0250. The Labute approximate surface area is 143 Å². The number of hydrogen-bond donors (Lipinski definition) is 3. The maximum Gasteiger partial charge on any atom is 0.270 e. The van der Waals surface area contributed by atoms with E-state index in [1.54, 1.807) is 4.90 Å². The molecule has 0 unspecified atom stereocenters. The van der Waals surface area contributed by atoms with Gasteiger partial charge >= 0.3 is 0 Å². The molecular weight excluding hydrogens is 328 g/mol. The molecule has 0 spiro atoms. The quantitative estimate of drug-likeness (QED) is 0.733. The largest absolute Gasteiger partial charge is 0.356 e. The van der Waals surface area contributed by atoms with Gasteiger partial charge in [-0.15, -0.1) is 0 Å². The zero-order chi connectivity index (χ0) is 17.2. The van der Waals surface area contributed by atoms with Crippen molar-refractivity contribution in [1.29, 1.82) is 0 Å². The number of nitrogens with zero attached hydrogens (tertiary/aromatic N) is 1. The fraction of sp³-hybridized carbons (Fsp3) is 0.688. The molecular formula is C16H26N4O3S. The topological polar surface area (TPSA) is 94.3 Å². The lowest BCUT2D eigenvalue weighted by atomic mass is 9.81. The second kappa shape index (κ2) is 6.85. The Morgan fingerprint density at radius 1 is 1.29 bits per heavy atom. The summed E-state index contributed by atoms with van der Waals surface area (Å²) in [5.74, 6) is -0.126. The summed E-state index contributed by atoms with van der Waals surface area (Å²) >= 11 is 0. The number of aromatic nitrogens is 1. The number of carbonyl (C=O) groups excluding carboxylic acids is 1. The highest BCUT2D eigenvalue weighted by Gasteiger charge is 2.29. The van der Waals surface area contributed by atoms with E-state index in [1.807, 2.05) is 0 Å². The molecule has 0 saturated carbocycles. The van der Waals surface area contributed by atoms with Crippen LogP contribution in [0.4, 0.5) is 0 Å². The molecule has 134 valence electrons. The molecule has 0 aliphatic carbocycles. The van der Waals surface area contributed by atoms with E-state index in [1.165, 1.54) is 12.3 Å². The van der Waals surface area contributed by atoms with E-state index in [2.05, 4.69) is 21.9 Å². The first-order chi connectivity index (χ1) is 11.4. The fourth-order valence-corrected chi connectivity index (χ4v) is 4.50. The zero-order valence-electron chi connectivity index (χ0n) is 14.1. The highest BCUT2D eigenvalue weighted by Crippen LogP contribution is 2.27. The number of carbonyl (C=O) groups is 1. The van der Waals surface area contributed by atoms with Gasteiger partial charge in [0.1, 0.15) is 10.6 Å². The average Bonchev–Trinajstić information content (AvgIpc) is 3.25. The van der Waals surface area contributed by atoms with Crippen LogP contribution < -0.4 is 10.0 Å². The molecule has 2 saturated heterocycles. The van der Waals surface area contributed by atoms with Gasteiger partial charge in [0.2, 0.25) is 10.0 Å². The van der Waals surface area contributed by atoms with Crippen LogP contribution in [0.1, 0.15) is 43.1 Å². The molecule has 0 radical (unpaired) electrons. The van der Waals surface area contributed by atoms with Crippen LogP contribution in [0.3, 0.4) is 0 Å². The number of likely N-dealkylation sites (tertiary alicyclic amines) is 1. The molecule has 0 atom stereocenters. The van der Waals surface area contributed by atoms with Gasteiger partial charge in [-0.05, 0) is 50.3 Å². The van der Waals surface area contributed by atoms with E-state index in [-0.39, 0.29) is 16.2 Å². The van der Waals surface area contributed by atoms with Crippen LogP contribution >= 0.6 is 0 Å². The van der Waals surface area contributed by atoms with E-state index in [9.17, 15) is 13.2 Å². The number of nitrogens with one attached hydrogen (secondary N) is 3. The molecule has 2 aliphatic rings. The third-order valence-electron chi connectivity index (χ3n) is 5.09. The third-order valence-corrected chi connectivity index (χ3v) is 6.47. The minimum atomic E-state index is -3.61. The van der Waals surface area contributed by atoms with E-state index >= 15 is 0 Å². The van der Waals surface area contributed by atoms with Crippen molar-refractivity contribution in [3.05, 3.63) is 18.0 Å². The van der Waals surface area contributed by atoms with E-state index in [0.717, 1.165) is 51.9 Å². The maximum absolute atomic E-state index is 12.5. The van der Waals surface area contributed by atoms with Crippen LogP contribution in [0.2, 0.25) is 0 Å². The number of sulfonamides is 1. The molecule has 0 aromatic carbocycles. The number of aromatic amines is 1. The van der Waals surface area contributed by atoms with Gasteiger partial charge in [-0.25, -0.2) is 13.1 Å².